The van der Waals surface area contributed by atoms with Crippen molar-refractivity contribution in [3.63, 3.8) is 0 Å². The highest BCUT2D eigenvalue weighted by Gasteiger charge is 2.16. The molecule has 0 aliphatic heterocycles. The fourth-order valence-electron chi connectivity index (χ4n) is 2.98. The Morgan fingerprint density at radius 2 is 1.88 bits per heavy atom. The molecule has 0 saturated heterocycles. The van der Waals surface area contributed by atoms with Crippen LogP contribution in [-0.2, 0) is 5.75 Å². The molecule has 9 heteroatoms. The van der Waals surface area contributed by atoms with E-state index in [1.165, 1.54) is 22.5 Å². The van der Waals surface area contributed by atoms with Crippen molar-refractivity contribution in [2.75, 3.05) is 5.43 Å². The van der Waals surface area contributed by atoms with Crippen LogP contribution < -0.4 is 15.7 Å². The molecule has 0 amide bonds. The molecule has 0 aliphatic carbocycles. The summed E-state index contributed by atoms with van der Waals surface area (Å²) >= 11 is 1.45. The highest BCUT2D eigenvalue weighted by atomic mass is 32.2. The van der Waals surface area contributed by atoms with E-state index in [1.807, 2.05) is 44.2 Å². The number of ether oxygens (including phenoxy) is 1. The molecular weight excluding hydrogens is 434 g/mol. The van der Waals surface area contributed by atoms with Gasteiger partial charge in [-0.2, -0.15) is 0 Å². The first-order valence-electron chi connectivity index (χ1n) is 9.89. The Morgan fingerprint density at radius 3 is 2.59 bits per heavy atom. The highest BCUT2D eigenvalue weighted by molar-refractivity contribution is 7.98. The molecule has 0 fully saturated rings. The third-order valence-electron chi connectivity index (χ3n) is 4.40. The summed E-state index contributed by atoms with van der Waals surface area (Å²) in [4.78, 5) is 22.0. The first-order valence-corrected chi connectivity index (χ1v) is 10.9. The van der Waals surface area contributed by atoms with E-state index in [2.05, 4.69) is 15.4 Å². The largest absolute Gasteiger partial charge is 0.448 e. The highest BCUT2D eigenvalue weighted by Crippen LogP contribution is 2.26. The lowest BCUT2D eigenvalue weighted by Crippen LogP contribution is -2.34. The normalized spacial score (nSPS) is 11.2. The molecule has 0 bridgehead atoms. The van der Waals surface area contributed by atoms with Gasteiger partial charge in [0.15, 0.2) is 28.1 Å². The molecule has 4 aromatic rings. The zero-order valence-corrected chi connectivity index (χ0v) is 18.2. The van der Waals surface area contributed by atoms with Crippen LogP contribution in [0.1, 0.15) is 19.4 Å². The monoisotopic (exact) mass is 454 g/mol. The van der Waals surface area contributed by atoms with Crippen molar-refractivity contribution < 1.29 is 13.5 Å². The van der Waals surface area contributed by atoms with Gasteiger partial charge in [-0.25, -0.2) is 23.4 Å². The Hall–Kier alpha value is -3.46. The summed E-state index contributed by atoms with van der Waals surface area (Å²) in [5.74, 6) is -1.35. The Balaban J connectivity index is 1.72. The van der Waals surface area contributed by atoms with Crippen LogP contribution in [0.15, 0.2) is 70.7 Å². The van der Waals surface area contributed by atoms with E-state index in [9.17, 15) is 13.6 Å². The average molecular weight is 455 g/mol. The molecular formula is C23H20F2N4O2S. The lowest BCUT2D eigenvalue weighted by atomic mass is 10.2. The molecule has 0 saturated carbocycles. The Morgan fingerprint density at radius 1 is 1.09 bits per heavy atom. The number of hydrogen-bond acceptors (Lipinski definition) is 6. The van der Waals surface area contributed by atoms with Crippen molar-refractivity contribution in [1.82, 2.24) is 14.6 Å². The van der Waals surface area contributed by atoms with Gasteiger partial charge in [0.05, 0.1) is 0 Å². The molecule has 164 valence electrons. The predicted octanol–water partition coefficient (Wildman–Crippen LogP) is 5.11. The van der Waals surface area contributed by atoms with Gasteiger partial charge in [-0.1, -0.05) is 42.1 Å². The third kappa shape index (κ3) is 4.88. The van der Waals surface area contributed by atoms with Gasteiger partial charge in [0, 0.05) is 29.4 Å². The van der Waals surface area contributed by atoms with Crippen LogP contribution >= 0.6 is 11.8 Å². The maximum Gasteiger partial charge on any atom is 0.313 e. The number of nitrogens with zero attached hydrogens (tertiary/aromatic N) is 3. The van der Waals surface area contributed by atoms with Crippen molar-refractivity contribution in [3.05, 3.63) is 88.3 Å². The quantitative estimate of drug-likeness (QED) is 0.309. The summed E-state index contributed by atoms with van der Waals surface area (Å²) in [6.45, 7) is 3.75. The van der Waals surface area contributed by atoms with Gasteiger partial charge in [0.2, 0.25) is 0 Å². The summed E-state index contributed by atoms with van der Waals surface area (Å²) in [6.07, 6.45) is 1.58. The number of pyridine rings is 1. The smallest absolute Gasteiger partial charge is 0.313 e. The van der Waals surface area contributed by atoms with Crippen LogP contribution in [-0.4, -0.2) is 20.7 Å². The number of rotatable bonds is 7. The molecule has 0 radical (unpaired) electrons. The number of halogens is 2. The number of hydrogen-bond donors (Lipinski definition) is 1. The number of nitrogens with one attached hydrogen (secondary N) is 1. The van der Waals surface area contributed by atoms with Gasteiger partial charge >= 0.3 is 5.56 Å². The number of fused-ring (bicyclic) bond motifs is 1. The second kappa shape index (κ2) is 9.35. The van der Waals surface area contributed by atoms with E-state index >= 15 is 0 Å². The molecule has 2 heterocycles. The Labute approximate surface area is 187 Å². The zero-order valence-electron chi connectivity index (χ0n) is 17.4. The molecule has 4 rings (SSSR count). The number of thioether (sulfide) groups is 1. The number of aromatic nitrogens is 3. The lowest BCUT2D eigenvalue weighted by molar-refractivity contribution is 0.430. The first kappa shape index (κ1) is 21.8. The van der Waals surface area contributed by atoms with Crippen LogP contribution in [0.25, 0.3) is 11.0 Å². The van der Waals surface area contributed by atoms with E-state index in [4.69, 9.17) is 4.74 Å². The molecule has 0 aliphatic rings. The van der Waals surface area contributed by atoms with E-state index in [-0.39, 0.29) is 17.5 Å². The van der Waals surface area contributed by atoms with Gasteiger partial charge < -0.3 is 10.2 Å². The molecule has 2 aromatic carbocycles. The van der Waals surface area contributed by atoms with Crippen molar-refractivity contribution >= 4 is 22.8 Å². The average Bonchev–Trinajstić information content (AvgIpc) is 2.77. The van der Waals surface area contributed by atoms with Crippen LogP contribution in [0.4, 0.5) is 8.78 Å². The van der Waals surface area contributed by atoms with Crippen molar-refractivity contribution in [3.8, 4) is 11.5 Å². The molecule has 0 spiro atoms. The SMILES string of the molecule is CC(C)Nn1c(=O)c(Oc2ccc(F)cc2F)cc2cnc(SCc3ccccc3)nc21. The van der Waals surface area contributed by atoms with Gasteiger partial charge in [-0.3, -0.25) is 4.79 Å². The molecule has 0 unspecified atom stereocenters. The maximum atomic E-state index is 14.1. The molecule has 32 heavy (non-hydrogen) atoms. The Kier molecular flexibility index (Phi) is 6.36. The van der Waals surface area contributed by atoms with Crippen LogP contribution in [0.5, 0.6) is 11.5 Å². The summed E-state index contributed by atoms with van der Waals surface area (Å²) in [7, 11) is 0. The number of benzene rings is 2. The van der Waals surface area contributed by atoms with Crippen molar-refractivity contribution in [1.29, 1.82) is 0 Å². The third-order valence-corrected chi connectivity index (χ3v) is 5.33. The van der Waals surface area contributed by atoms with Gasteiger partial charge in [-0.15, -0.1) is 0 Å². The van der Waals surface area contributed by atoms with E-state index in [0.29, 0.717) is 28.0 Å². The minimum Gasteiger partial charge on any atom is -0.448 e. The predicted molar refractivity (Wildman–Crippen MR) is 121 cm³/mol. The zero-order chi connectivity index (χ0) is 22.7. The Bertz CT molecular complexity index is 1310. The van der Waals surface area contributed by atoms with Crippen LogP contribution in [0.3, 0.4) is 0 Å². The fourth-order valence-corrected chi connectivity index (χ4v) is 3.74. The molecule has 6 nitrogen and oxygen atoms in total. The van der Waals surface area contributed by atoms with E-state index < -0.39 is 17.2 Å². The van der Waals surface area contributed by atoms with Crippen LogP contribution in [0.2, 0.25) is 0 Å². The minimum absolute atomic E-state index is 0.0934. The van der Waals surface area contributed by atoms with Crippen molar-refractivity contribution in [2.45, 2.75) is 30.8 Å². The lowest BCUT2D eigenvalue weighted by Gasteiger charge is -2.17. The standard InChI is InChI=1S/C23H20F2N4O2S/c1-14(2)28-29-21-16(12-26-23(27-21)32-13-15-6-4-3-5-7-15)10-20(22(29)30)31-19-9-8-17(24)11-18(19)25/h3-12,14,28H,13H2,1-2H3. The van der Waals surface area contributed by atoms with Crippen LogP contribution in [0, 0.1) is 11.6 Å². The van der Waals surface area contributed by atoms with Crippen molar-refractivity contribution in [2.24, 2.45) is 0 Å². The maximum absolute atomic E-state index is 14.1. The minimum atomic E-state index is -0.906. The summed E-state index contributed by atoms with van der Waals surface area (Å²) in [5, 5.41) is 1.04. The summed E-state index contributed by atoms with van der Waals surface area (Å²) < 4.78 is 34.0. The van der Waals surface area contributed by atoms with E-state index in [0.717, 1.165) is 17.7 Å². The molecule has 2 aromatic heterocycles. The topological polar surface area (TPSA) is 69.0 Å². The van der Waals surface area contributed by atoms with Gasteiger partial charge in [0.1, 0.15) is 5.82 Å². The second-order valence-corrected chi connectivity index (χ2v) is 8.26. The fraction of sp³-hybridized carbons (Fsp3) is 0.174. The molecule has 1 N–H and O–H groups in total. The first-order chi connectivity index (χ1) is 15.4. The summed E-state index contributed by atoms with van der Waals surface area (Å²) in [5.41, 5.74) is 3.99. The molecule has 0 atom stereocenters. The van der Waals surface area contributed by atoms with Gasteiger partial charge in [-0.05, 0) is 37.6 Å². The summed E-state index contributed by atoms with van der Waals surface area (Å²) in [6, 6.07) is 14.2. The second-order valence-electron chi connectivity index (χ2n) is 7.32. The van der Waals surface area contributed by atoms with E-state index in [1.54, 1.807) is 6.20 Å². The van der Waals surface area contributed by atoms with Gasteiger partial charge in [0.25, 0.3) is 0 Å².